The first-order chi connectivity index (χ1) is 8.62. The van der Waals surface area contributed by atoms with Crippen LogP contribution in [0.3, 0.4) is 0 Å². The van der Waals surface area contributed by atoms with Gasteiger partial charge in [-0.25, -0.2) is 4.79 Å². The molecule has 1 aromatic rings. The molecule has 0 heterocycles. The van der Waals surface area contributed by atoms with Crippen molar-refractivity contribution in [2.45, 2.75) is 39.7 Å². The second-order valence-corrected chi connectivity index (χ2v) is 4.01. The Balaban J connectivity index is 2.88. The van der Waals surface area contributed by atoms with Gasteiger partial charge in [0.25, 0.3) is 0 Å². The van der Waals surface area contributed by atoms with Gasteiger partial charge in [-0.1, -0.05) is 26.0 Å². The highest BCUT2D eigenvalue weighted by molar-refractivity contribution is 5.97. The summed E-state index contributed by atoms with van der Waals surface area (Å²) in [6.07, 6.45) is 1.53. The van der Waals surface area contributed by atoms with Crippen molar-refractivity contribution >= 4 is 11.9 Å². The molecule has 18 heavy (non-hydrogen) atoms. The Kier molecular flexibility index (Phi) is 5.52. The highest BCUT2D eigenvalue weighted by Gasteiger charge is 2.15. The van der Waals surface area contributed by atoms with Crippen LogP contribution in [0.25, 0.3) is 0 Å². The molecule has 0 spiro atoms. The highest BCUT2D eigenvalue weighted by atomic mass is 16.6. The summed E-state index contributed by atoms with van der Waals surface area (Å²) in [7, 11) is 0. The van der Waals surface area contributed by atoms with E-state index in [2.05, 4.69) is 0 Å². The first-order valence-electron chi connectivity index (χ1n) is 6.10. The van der Waals surface area contributed by atoms with Crippen LogP contribution in [0.15, 0.2) is 18.2 Å². The Hall–Kier alpha value is -1.68. The quantitative estimate of drug-likeness (QED) is 0.643. The van der Waals surface area contributed by atoms with E-state index in [-0.39, 0.29) is 13.0 Å². The van der Waals surface area contributed by atoms with E-state index in [9.17, 15) is 9.59 Å². The Bertz CT molecular complexity index is 437. The molecule has 0 radical (unpaired) electrons. The Labute approximate surface area is 107 Å². The summed E-state index contributed by atoms with van der Waals surface area (Å²) in [4.78, 5) is 23.1. The van der Waals surface area contributed by atoms with Gasteiger partial charge in [0.1, 0.15) is 0 Å². The molecular formula is C14H18O4. The third-order valence-electron chi connectivity index (χ3n) is 2.61. The van der Waals surface area contributed by atoms with Crippen LogP contribution < -0.4 is 0 Å². The minimum Gasteiger partial charge on any atom is -0.392 e. The van der Waals surface area contributed by atoms with Gasteiger partial charge in [-0.2, -0.15) is 0 Å². The summed E-state index contributed by atoms with van der Waals surface area (Å²) in [5, 5.41) is 9.03. The zero-order chi connectivity index (χ0) is 13.5. The fourth-order valence-electron chi connectivity index (χ4n) is 1.65. The van der Waals surface area contributed by atoms with Crippen LogP contribution in [0.4, 0.5) is 0 Å². The van der Waals surface area contributed by atoms with E-state index in [1.54, 1.807) is 18.2 Å². The summed E-state index contributed by atoms with van der Waals surface area (Å²) in [5.74, 6) is -1.12. The molecule has 0 aliphatic rings. The SMILES string of the molecule is CCCC(=O)OC(=O)c1ccc(CO)cc1CC. The molecule has 98 valence electrons. The lowest BCUT2D eigenvalue weighted by atomic mass is 10.0. The van der Waals surface area contributed by atoms with Gasteiger partial charge in [-0.05, 0) is 30.0 Å². The third-order valence-corrected chi connectivity index (χ3v) is 2.61. The average molecular weight is 250 g/mol. The van der Waals surface area contributed by atoms with Crippen molar-refractivity contribution in [2.75, 3.05) is 0 Å². The van der Waals surface area contributed by atoms with Gasteiger partial charge in [0.15, 0.2) is 0 Å². The zero-order valence-corrected chi connectivity index (χ0v) is 10.7. The van der Waals surface area contributed by atoms with Gasteiger partial charge in [0.05, 0.1) is 12.2 Å². The monoisotopic (exact) mass is 250 g/mol. The van der Waals surface area contributed by atoms with Gasteiger partial charge >= 0.3 is 11.9 Å². The molecule has 0 atom stereocenters. The number of hydrogen-bond acceptors (Lipinski definition) is 4. The van der Waals surface area contributed by atoms with Crippen LogP contribution in [-0.2, 0) is 22.6 Å². The van der Waals surface area contributed by atoms with Crippen LogP contribution in [-0.4, -0.2) is 17.0 Å². The number of aliphatic hydroxyl groups excluding tert-OH is 1. The predicted octanol–water partition coefficient (Wildman–Crippen LogP) is 2.22. The average Bonchev–Trinajstić information content (AvgIpc) is 2.38. The van der Waals surface area contributed by atoms with E-state index in [4.69, 9.17) is 9.84 Å². The lowest BCUT2D eigenvalue weighted by molar-refractivity contribution is -0.137. The van der Waals surface area contributed by atoms with E-state index >= 15 is 0 Å². The molecule has 0 saturated heterocycles. The van der Waals surface area contributed by atoms with Crippen molar-refractivity contribution in [1.82, 2.24) is 0 Å². The van der Waals surface area contributed by atoms with Crippen molar-refractivity contribution in [3.05, 3.63) is 34.9 Å². The first-order valence-corrected chi connectivity index (χ1v) is 6.10. The lowest BCUT2D eigenvalue weighted by Crippen LogP contribution is -2.14. The number of rotatable bonds is 5. The van der Waals surface area contributed by atoms with Gasteiger partial charge < -0.3 is 9.84 Å². The molecule has 0 saturated carbocycles. The molecule has 0 aliphatic heterocycles. The van der Waals surface area contributed by atoms with Crippen LogP contribution >= 0.6 is 0 Å². The topological polar surface area (TPSA) is 63.6 Å². The fraction of sp³-hybridized carbons (Fsp3) is 0.429. The minimum atomic E-state index is -0.616. The summed E-state index contributed by atoms with van der Waals surface area (Å²) in [5.41, 5.74) is 1.90. The molecule has 0 bridgehead atoms. The molecule has 0 aliphatic carbocycles. The smallest absolute Gasteiger partial charge is 0.346 e. The molecule has 4 nitrogen and oxygen atoms in total. The number of aryl methyl sites for hydroxylation is 1. The number of hydrogen-bond donors (Lipinski definition) is 1. The summed E-state index contributed by atoms with van der Waals surface area (Å²) in [6, 6.07) is 4.99. The molecule has 1 N–H and O–H groups in total. The van der Waals surface area contributed by atoms with Gasteiger partial charge in [0, 0.05) is 6.42 Å². The van der Waals surface area contributed by atoms with Crippen molar-refractivity contribution in [3.8, 4) is 0 Å². The molecule has 1 rings (SSSR count). The molecule has 0 aromatic heterocycles. The van der Waals surface area contributed by atoms with E-state index in [0.29, 0.717) is 18.4 Å². The van der Waals surface area contributed by atoms with Gasteiger partial charge in [0.2, 0.25) is 0 Å². The van der Waals surface area contributed by atoms with Crippen molar-refractivity contribution in [2.24, 2.45) is 0 Å². The number of carbonyl (C=O) groups is 2. The largest absolute Gasteiger partial charge is 0.392 e. The van der Waals surface area contributed by atoms with Crippen LogP contribution in [0, 0.1) is 0 Å². The normalized spacial score (nSPS) is 10.2. The minimum absolute atomic E-state index is 0.0723. The number of ether oxygens (including phenoxy) is 1. The maximum atomic E-state index is 11.8. The molecule has 0 fully saturated rings. The van der Waals surface area contributed by atoms with Gasteiger partial charge in [-0.15, -0.1) is 0 Å². The number of carbonyl (C=O) groups excluding carboxylic acids is 2. The van der Waals surface area contributed by atoms with E-state index in [1.807, 2.05) is 13.8 Å². The number of benzene rings is 1. The number of esters is 2. The Morgan fingerprint density at radius 2 is 2.00 bits per heavy atom. The van der Waals surface area contributed by atoms with E-state index in [0.717, 1.165) is 11.1 Å². The molecule has 0 unspecified atom stereocenters. The molecule has 4 heteroatoms. The summed E-state index contributed by atoms with van der Waals surface area (Å²) in [6.45, 7) is 3.68. The van der Waals surface area contributed by atoms with Crippen molar-refractivity contribution in [3.63, 3.8) is 0 Å². The van der Waals surface area contributed by atoms with Gasteiger partial charge in [-0.3, -0.25) is 4.79 Å². The van der Waals surface area contributed by atoms with E-state index in [1.165, 1.54) is 0 Å². The Morgan fingerprint density at radius 1 is 1.28 bits per heavy atom. The highest BCUT2D eigenvalue weighted by Crippen LogP contribution is 2.15. The molecular weight excluding hydrogens is 232 g/mol. The second-order valence-electron chi connectivity index (χ2n) is 4.01. The van der Waals surface area contributed by atoms with Crippen LogP contribution in [0.1, 0.15) is 48.2 Å². The fourth-order valence-corrected chi connectivity index (χ4v) is 1.65. The maximum absolute atomic E-state index is 11.8. The zero-order valence-electron chi connectivity index (χ0n) is 10.7. The maximum Gasteiger partial charge on any atom is 0.346 e. The van der Waals surface area contributed by atoms with Crippen LogP contribution in [0.2, 0.25) is 0 Å². The first kappa shape index (κ1) is 14.4. The molecule has 1 aromatic carbocycles. The van der Waals surface area contributed by atoms with Crippen LogP contribution in [0.5, 0.6) is 0 Å². The van der Waals surface area contributed by atoms with Crippen molar-refractivity contribution < 1.29 is 19.4 Å². The van der Waals surface area contributed by atoms with E-state index < -0.39 is 11.9 Å². The van der Waals surface area contributed by atoms with Crippen molar-refractivity contribution in [1.29, 1.82) is 0 Å². The number of aliphatic hydroxyl groups is 1. The summed E-state index contributed by atoms with van der Waals surface area (Å²) < 4.78 is 4.75. The Morgan fingerprint density at radius 3 is 2.56 bits per heavy atom. The summed E-state index contributed by atoms with van der Waals surface area (Å²) >= 11 is 0. The molecule has 0 amide bonds. The standard InChI is InChI=1S/C14H18O4/c1-3-5-13(16)18-14(17)12-7-6-10(9-15)8-11(12)4-2/h6-8,15H,3-5,9H2,1-2H3. The second kappa shape index (κ2) is 6.91. The lowest BCUT2D eigenvalue weighted by Gasteiger charge is -2.08. The predicted molar refractivity (Wildman–Crippen MR) is 67.1 cm³/mol. The third kappa shape index (κ3) is 3.67.